The number of carbonyl (C=O) groups is 2. The summed E-state index contributed by atoms with van der Waals surface area (Å²) in [6.07, 6.45) is 3.31. The number of aryl methyl sites for hydroxylation is 1. The van der Waals surface area contributed by atoms with Crippen LogP contribution in [0.25, 0.3) is 0 Å². The Morgan fingerprint density at radius 2 is 1.94 bits per heavy atom. The molecule has 0 saturated heterocycles. The molecule has 4 heteroatoms. The Morgan fingerprint density at radius 1 is 1.22 bits per heavy atom. The lowest BCUT2D eigenvalue weighted by atomic mass is 10.1. The molecule has 0 spiro atoms. The summed E-state index contributed by atoms with van der Waals surface area (Å²) in [5.41, 5.74) is 1.81. The number of benzene rings is 1. The van der Waals surface area contributed by atoms with E-state index in [0.717, 1.165) is 10.5 Å². The molecular formula is C14H13NO3. The van der Waals surface area contributed by atoms with E-state index in [2.05, 4.69) is 0 Å². The standard InChI is InChI=1S/C14H13NO3/c1-8-5-6-9-10(7-8)14(18)15(13(9)17)11-3-2-4-12(11)16/h2-3,5-7,11-12,16H,4H2,1H3/t11-,12-/m0/s1. The van der Waals surface area contributed by atoms with E-state index in [0.29, 0.717) is 17.5 Å². The van der Waals surface area contributed by atoms with Gasteiger partial charge in [0.15, 0.2) is 0 Å². The largest absolute Gasteiger partial charge is 0.390 e. The monoisotopic (exact) mass is 243 g/mol. The van der Waals surface area contributed by atoms with Gasteiger partial charge >= 0.3 is 0 Å². The van der Waals surface area contributed by atoms with Crippen LogP contribution in [-0.4, -0.2) is 34.0 Å². The first-order chi connectivity index (χ1) is 8.59. The lowest BCUT2D eigenvalue weighted by Crippen LogP contribution is -2.43. The van der Waals surface area contributed by atoms with Gasteiger partial charge in [-0.1, -0.05) is 23.8 Å². The number of fused-ring (bicyclic) bond motifs is 1. The fourth-order valence-corrected chi connectivity index (χ4v) is 2.53. The summed E-state index contributed by atoms with van der Waals surface area (Å²) in [4.78, 5) is 25.6. The minimum absolute atomic E-state index is 0.311. The number of rotatable bonds is 1. The molecule has 0 fully saturated rings. The first-order valence-corrected chi connectivity index (χ1v) is 5.93. The zero-order valence-corrected chi connectivity index (χ0v) is 9.96. The van der Waals surface area contributed by atoms with Gasteiger partial charge in [-0.25, -0.2) is 0 Å². The fourth-order valence-electron chi connectivity index (χ4n) is 2.53. The maximum Gasteiger partial charge on any atom is 0.262 e. The zero-order valence-electron chi connectivity index (χ0n) is 9.96. The van der Waals surface area contributed by atoms with E-state index in [1.807, 2.05) is 13.0 Å². The molecule has 0 aromatic heterocycles. The third kappa shape index (κ3) is 1.42. The van der Waals surface area contributed by atoms with Crippen LogP contribution in [0, 0.1) is 6.92 Å². The van der Waals surface area contributed by atoms with Crippen LogP contribution in [0.4, 0.5) is 0 Å². The van der Waals surface area contributed by atoms with Gasteiger partial charge in [0.05, 0.1) is 23.3 Å². The normalized spacial score (nSPS) is 26.0. The van der Waals surface area contributed by atoms with Crippen molar-refractivity contribution in [2.75, 3.05) is 0 Å². The number of carbonyl (C=O) groups excluding carboxylic acids is 2. The molecule has 18 heavy (non-hydrogen) atoms. The number of aliphatic hydroxyl groups is 1. The van der Waals surface area contributed by atoms with Crippen LogP contribution in [0.3, 0.4) is 0 Å². The van der Waals surface area contributed by atoms with Crippen LogP contribution in [0.5, 0.6) is 0 Å². The van der Waals surface area contributed by atoms with Crippen molar-refractivity contribution in [1.29, 1.82) is 0 Å². The van der Waals surface area contributed by atoms with Crippen molar-refractivity contribution in [2.24, 2.45) is 0 Å². The molecule has 3 rings (SSSR count). The van der Waals surface area contributed by atoms with Gasteiger partial charge in [-0.3, -0.25) is 14.5 Å². The predicted molar refractivity (Wildman–Crippen MR) is 65.2 cm³/mol. The highest BCUT2D eigenvalue weighted by Crippen LogP contribution is 2.29. The van der Waals surface area contributed by atoms with E-state index in [1.165, 1.54) is 0 Å². The quantitative estimate of drug-likeness (QED) is 0.597. The van der Waals surface area contributed by atoms with Crippen LogP contribution in [-0.2, 0) is 0 Å². The van der Waals surface area contributed by atoms with Crippen molar-refractivity contribution in [3.63, 3.8) is 0 Å². The molecule has 2 atom stereocenters. The second kappa shape index (κ2) is 3.78. The number of nitrogens with zero attached hydrogens (tertiary/aromatic N) is 1. The van der Waals surface area contributed by atoms with Gasteiger partial charge in [-0.05, 0) is 25.5 Å². The minimum Gasteiger partial charge on any atom is -0.390 e. The van der Waals surface area contributed by atoms with E-state index >= 15 is 0 Å². The molecule has 0 radical (unpaired) electrons. The van der Waals surface area contributed by atoms with Crippen molar-refractivity contribution in [3.8, 4) is 0 Å². The van der Waals surface area contributed by atoms with E-state index in [9.17, 15) is 14.7 Å². The molecular weight excluding hydrogens is 230 g/mol. The molecule has 1 aliphatic carbocycles. The molecule has 1 heterocycles. The average molecular weight is 243 g/mol. The second-order valence-electron chi connectivity index (χ2n) is 4.75. The summed E-state index contributed by atoms with van der Waals surface area (Å²) < 4.78 is 0. The summed E-state index contributed by atoms with van der Waals surface area (Å²) in [5.74, 6) is -0.625. The van der Waals surface area contributed by atoms with Crippen LogP contribution in [0.15, 0.2) is 30.4 Å². The number of hydrogen-bond acceptors (Lipinski definition) is 3. The number of hydrogen-bond donors (Lipinski definition) is 1. The minimum atomic E-state index is -0.687. The smallest absolute Gasteiger partial charge is 0.262 e. The third-order valence-corrected chi connectivity index (χ3v) is 3.48. The van der Waals surface area contributed by atoms with Crippen LogP contribution < -0.4 is 0 Å². The van der Waals surface area contributed by atoms with Gasteiger partial charge in [0.2, 0.25) is 0 Å². The zero-order chi connectivity index (χ0) is 12.9. The van der Waals surface area contributed by atoms with Gasteiger partial charge < -0.3 is 5.11 Å². The van der Waals surface area contributed by atoms with E-state index in [4.69, 9.17) is 0 Å². The lowest BCUT2D eigenvalue weighted by molar-refractivity contribution is 0.0463. The van der Waals surface area contributed by atoms with Gasteiger partial charge in [0.1, 0.15) is 0 Å². The molecule has 1 aromatic carbocycles. The fraction of sp³-hybridized carbons (Fsp3) is 0.286. The molecule has 92 valence electrons. The van der Waals surface area contributed by atoms with Crippen molar-refractivity contribution in [3.05, 3.63) is 47.0 Å². The molecule has 0 saturated carbocycles. The van der Waals surface area contributed by atoms with Crippen molar-refractivity contribution in [2.45, 2.75) is 25.5 Å². The highest BCUT2D eigenvalue weighted by molar-refractivity contribution is 6.21. The lowest BCUT2D eigenvalue weighted by Gasteiger charge is -2.23. The summed E-state index contributed by atoms with van der Waals surface area (Å²) >= 11 is 0. The topological polar surface area (TPSA) is 57.6 Å². The Balaban J connectivity index is 2.04. The number of aliphatic hydroxyl groups excluding tert-OH is 1. The average Bonchev–Trinajstić information content (AvgIpc) is 2.84. The van der Waals surface area contributed by atoms with Crippen molar-refractivity contribution in [1.82, 2.24) is 4.90 Å². The first-order valence-electron chi connectivity index (χ1n) is 5.93. The van der Waals surface area contributed by atoms with Gasteiger partial charge in [-0.15, -0.1) is 0 Å². The van der Waals surface area contributed by atoms with Crippen LogP contribution in [0.2, 0.25) is 0 Å². The Hall–Kier alpha value is -1.94. The highest BCUT2D eigenvalue weighted by Gasteiger charge is 2.42. The third-order valence-electron chi connectivity index (χ3n) is 3.48. The van der Waals surface area contributed by atoms with Gasteiger partial charge in [0.25, 0.3) is 11.8 Å². The summed E-state index contributed by atoms with van der Waals surface area (Å²) in [5, 5.41) is 9.81. The van der Waals surface area contributed by atoms with Gasteiger partial charge in [0, 0.05) is 0 Å². The summed E-state index contributed by atoms with van der Waals surface area (Å²) in [7, 11) is 0. The van der Waals surface area contributed by atoms with Crippen molar-refractivity contribution >= 4 is 11.8 Å². The molecule has 1 N–H and O–H groups in total. The van der Waals surface area contributed by atoms with E-state index < -0.39 is 12.1 Å². The summed E-state index contributed by atoms with van der Waals surface area (Å²) in [6, 6.07) is 4.68. The maximum atomic E-state index is 12.3. The Morgan fingerprint density at radius 3 is 2.61 bits per heavy atom. The summed E-state index contributed by atoms with van der Waals surface area (Å²) in [6.45, 7) is 1.88. The molecule has 0 unspecified atom stereocenters. The van der Waals surface area contributed by atoms with E-state index in [-0.39, 0.29) is 11.8 Å². The van der Waals surface area contributed by atoms with Gasteiger partial charge in [-0.2, -0.15) is 0 Å². The first kappa shape index (κ1) is 11.2. The maximum absolute atomic E-state index is 12.3. The molecule has 2 aliphatic rings. The Kier molecular flexibility index (Phi) is 2.35. The molecule has 4 nitrogen and oxygen atoms in total. The van der Waals surface area contributed by atoms with E-state index in [1.54, 1.807) is 24.3 Å². The van der Waals surface area contributed by atoms with Crippen LogP contribution >= 0.6 is 0 Å². The highest BCUT2D eigenvalue weighted by atomic mass is 16.3. The van der Waals surface area contributed by atoms with Crippen LogP contribution in [0.1, 0.15) is 32.7 Å². The Bertz CT molecular complexity index is 576. The SMILES string of the molecule is Cc1ccc2c(c1)C(=O)N([C@H]1C=CC[C@@H]1O)C2=O. The molecule has 0 bridgehead atoms. The number of amides is 2. The predicted octanol–water partition coefficient (Wildman–Crippen LogP) is 1.28. The molecule has 1 aliphatic heterocycles. The molecule has 1 aromatic rings. The van der Waals surface area contributed by atoms with Crippen molar-refractivity contribution < 1.29 is 14.7 Å². The second-order valence-corrected chi connectivity index (χ2v) is 4.75. The number of imide groups is 1. The Labute approximate surface area is 105 Å². The molecule has 2 amide bonds.